The molecule has 0 aliphatic rings. The molecule has 1 aromatic heterocycles. The number of rotatable bonds is 5. The highest BCUT2D eigenvalue weighted by atomic mass is 32.2. The average molecular weight is 372 g/mol. The highest BCUT2D eigenvalue weighted by Crippen LogP contribution is 2.33. The van der Waals surface area contributed by atoms with Gasteiger partial charge in [-0.2, -0.15) is 10.3 Å². The van der Waals surface area contributed by atoms with Gasteiger partial charge in [0.15, 0.2) is 5.69 Å². The first-order valence-corrected chi connectivity index (χ1v) is 9.03. The van der Waals surface area contributed by atoms with Crippen molar-refractivity contribution in [3.63, 3.8) is 0 Å². The van der Waals surface area contributed by atoms with Crippen molar-refractivity contribution in [2.24, 2.45) is 0 Å². The van der Waals surface area contributed by atoms with Crippen molar-refractivity contribution < 1.29 is 18.3 Å². The van der Waals surface area contributed by atoms with Gasteiger partial charge >= 0.3 is 5.97 Å². The van der Waals surface area contributed by atoms with Gasteiger partial charge in [0.25, 0.3) is 0 Å². The molecule has 0 atom stereocenters. The topological polar surface area (TPSA) is 116 Å². The van der Waals surface area contributed by atoms with E-state index in [0.29, 0.717) is 5.56 Å². The predicted molar refractivity (Wildman–Crippen MR) is 95.1 cm³/mol. The van der Waals surface area contributed by atoms with Gasteiger partial charge in [0.2, 0.25) is 10.0 Å². The minimum absolute atomic E-state index is 0.0301. The fraction of sp³-hybridized carbons (Fsp3) is 0.118. The lowest BCUT2D eigenvalue weighted by atomic mass is 10.0. The van der Waals surface area contributed by atoms with E-state index in [4.69, 9.17) is 0 Å². The first kappa shape index (κ1) is 17.8. The molecule has 2 aromatic carbocycles. The third-order valence-electron chi connectivity index (χ3n) is 3.85. The van der Waals surface area contributed by atoms with Crippen LogP contribution in [0.3, 0.4) is 0 Å². The summed E-state index contributed by atoms with van der Waals surface area (Å²) in [6, 6.07) is 14.1. The summed E-state index contributed by atoms with van der Waals surface area (Å²) < 4.78 is 26.7. The Morgan fingerprint density at radius 3 is 2.35 bits per heavy atom. The number of H-pyrrole nitrogens is 1. The summed E-state index contributed by atoms with van der Waals surface area (Å²) in [5.41, 5.74) is 1.33. The van der Waals surface area contributed by atoms with E-state index in [0.717, 1.165) is 9.87 Å². The van der Waals surface area contributed by atoms with Crippen LogP contribution in [-0.4, -0.2) is 53.3 Å². The van der Waals surface area contributed by atoms with E-state index in [9.17, 15) is 18.3 Å². The maximum absolute atomic E-state index is 12.8. The molecule has 26 heavy (non-hydrogen) atoms. The fourth-order valence-electron chi connectivity index (χ4n) is 2.51. The molecule has 0 saturated heterocycles. The number of carboxylic acid groups (broad SMARTS) is 1. The standard InChI is InChI=1S/C17H16N4O4S/c1-21(2)26(24,25)14-10-12(11-6-4-3-5-7-11)8-9-13(14)15-16(17(22)23)19-20-18-15/h3-10H,1-2H3,(H,22,23)(H,18,19,20). The summed E-state index contributed by atoms with van der Waals surface area (Å²) in [6.45, 7) is 0. The molecule has 0 saturated carbocycles. The van der Waals surface area contributed by atoms with E-state index >= 15 is 0 Å². The molecular formula is C17H16N4O4S. The molecule has 0 fully saturated rings. The quantitative estimate of drug-likeness (QED) is 0.708. The molecule has 1 heterocycles. The number of hydrogen-bond donors (Lipinski definition) is 2. The Balaban J connectivity index is 2.28. The van der Waals surface area contributed by atoms with Gasteiger partial charge in [0.05, 0.1) is 4.90 Å². The second kappa shape index (κ2) is 6.70. The molecule has 9 heteroatoms. The number of aromatic amines is 1. The molecule has 2 N–H and O–H groups in total. The van der Waals surface area contributed by atoms with E-state index in [-0.39, 0.29) is 21.8 Å². The highest BCUT2D eigenvalue weighted by molar-refractivity contribution is 7.89. The van der Waals surface area contributed by atoms with Gasteiger partial charge in [-0.05, 0) is 17.2 Å². The van der Waals surface area contributed by atoms with Gasteiger partial charge in [0, 0.05) is 19.7 Å². The lowest BCUT2D eigenvalue weighted by molar-refractivity contribution is 0.0691. The number of sulfonamides is 1. The molecule has 0 spiro atoms. The van der Waals surface area contributed by atoms with Crippen molar-refractivity contribution in [3.05, 3.63) is 54.2 Å². The summed E-state index contributed by atoms with van der Waals surface area (Å²) >= 11 is 0. The minimum Gasteiger partial charge on any atom is -0.476 e. The largest absolute Gasteiger partial charge is 0.476 e. The molecule has 0 bridgehead atoms. The third-order valence-corrected chi connectivity index (χ3v) is 5.71. The molecule has 8 nitrogen and oxygen atoms in total. The lowest BCUT2D eigenvalue weighted by Crippen LogP contribution is -2.23. The van der Waals surface area contributed by atoms with Crippen LogP contribution in [0.4, 0.5) is 0 Å². The van der Waals surface area contributed by atoms with Crippen LogP contribution in [-0.2, 0) is 10.0 Å². The maximum atomic E-state index is 12.8. The third kappa shape index (κ3) is 3.09. The number of nitrogens with one attached hydrogen (secondary N) is 1. The molecule has 134 valence electrons. The summed E-state index contributed by atoms with van der Waals surface area (Å²) in [7, 11) is -1.02. The molecule has 0 radical (unpaired) electrons. The fourth-order valence-corrected chi connectivity index (χ4v) is 3.62. The second-order valence-corrected chi connectivity index (χ2v) is 7.81. The number of carboxylic acids is 1. The summed E-state index contributed by atoms with van der Waals surface area (Å²) in [5.74, 6) is -1.30. The van der Waals surface area contributed by atoms with Gasteiger partial charge < -0.3 is 5.11 Å². The van der Waals surface area contributed by atoms with Crippen molar-refractivity contribution >= 4 is 16.0 Å². The van der Waals surface area contributed by atoms with Crippen molar-refractivity contribution in [1.29, 1.82) is 0 Å². The van der Waals surface area contributed by atoms with Crippen molar-refractivity contribution in [2.75, 3.05) is 14.1 Å². The molecule has 3 aromatic rings. The van der Waals surface area contributed by atoms with Crippen LogP contribution in [0, 0.1) is 0 Å². The molecular weight excluding hydrogens is 356 g/mol. The Morgan fingerprint density at radius 1 is 1.04 bits per heavy atom. The lowest BCUT2D eigenvalue weighted by Gasteiger charge is -2.16. The highest BCUT2D eigenvalue weighted by Gasteiger charge is 2.27. The minimum atomic E-state index is -3.85. The van der Waals surface area contributed by atoms with Gasteiger partial charge in [-0.15, -0.1) is 5.10 Å². The Bertz CT molecular complexity index is 1060. The van der Waals surface area contributed by atoms with Crippen LogP contribution in [0.2, 0.25) is 0 Å². The number of nitrogens with zero attached hydrogens (tertiary/aromatic N) is 3. The normalized spacial score (nSPS) is 11.7. The van der Waals surface area contributed by atoms with E-state index in [2.05, 4.69) is 15.4 Å². The van der Waals surface area contributed by atoms with Gasteiger partial charge in [-0.3, -0.25) is 0 Å². The Kier molecular flexibility index (Phi) is 4.58. The molecule has 0 unspecified atom stereocenters. The van der Waals surface area contributed by atoms with Crippen molar-refractivity contribution in [2.45, 2.75) is 4.90 Å². The molecule has 0 aliphatic carbocycles. The van der Waals surface area contributed by atoms with Crippen LogP contribution < -0.4 is 0 Å². The zero-order valence-corrected chi connectivity index (χ0v) is 14.9. The van der Waals surface area contributed by atoms with E-state index < -0.39 is 16.0 Å². The molecule has 0 aliphatic heterocycles. The smallest absolute Gasteiger partial charge is 0.358 e. The summed E-state index contributed by atoms with van der Waals surface area (Å²) in [6.07, 6.45) is 0. The van der Waals surface area contributed by atoms with E-state index in [1.54, 1.807) is 12.1 Å². The first-order valence-electron chi connectivity index (χ1n) is 7.59. The van der Waals surface area contributed by atoms with Crippen LogP contribution in [0.15, 0.2) is 53.4 Å². The number of benzene rings is 2. The SMILES string of the molecule is CN(C)S(=O)(=O)c1cc(-c2ccccc2)ccc1-c1n[nH]nc1C(=O)O. The second-order valence-electron chi connectivity index (χ2n) is 5.69. The van der Waals surface area contributed by atoms with Gasteiger partial charge in [-0.25, -0.2) is 17.5 Å². The predicted octanol–water partition coefficient (Wildman–Crippen LogP) is 2.09. The molecule has 3 rings (SSSR count). The number of aromatic nitrogens is 3. The van der Waals surface area contributed by atoms with Crippen LogP contribution >= 0.6 is 0 Å². The van der Waals surface area contributed by atoms with E-state index in [1.165, 1.54) is 20.2 Å². The zero-order valence-electron chi connectivity index (χ0n) is 14.0. The molecule has 0 amide bonds. The van der Waals surface area contributed by atoms with Gasteiger partial charge in [0.1, 0.15) is 5.69 Å². The number of hydrogen-bond acceptors (Lipinski definition) is 5. The monoisotopic (exact) mass is 372 g/mol. The number of carbonyl (C=O) groups is 1. The summed E-state index contributed by atoms with van der Waals surface area (Å²) in [5, 5.41) is 19.0. The van der Waals surface area contributed by atoms with Crippen molar-refractivity contribution in [3.8, 4) is 22.4 Å². The number of aromatic carboxylic acids is 1. The zero-order chi connectivity index (χ0) is 18.9. The average Bonchev–Trinajstić information content (AvgIpc) is 3.11. The van der Waals surface area contributed by atoms with Crippen LogP contribution in [0.1, 0.15) is 10.5 Å². The van der Waals surface area contributed by atoms with E-state index in [1.807, 2.05) is 30.3 Å². The Hall–Kier alpha value is -3.04. The Morgan fingerprint density at radius 2 is 1.73 bits per heavy atom. The van der Waals surface area contributed by atoms with Crippen molar-refractivity contribution in [1.82, 2.24) is 19.7 Å². The summed E-state index contributed by atoms with van der Waals surface area (Å²) in [4.78, 5) is 11.3. The Labute approximate surface area is 150 Å². The van der Waals surface area contributed by atoms with Crippen LogP contribution in [0.25, 0.3) is 22.4 Å². The first-order chi connectivity index (χ1) is 12.3. The maximum Gasteiger partial charge on any atom is 0.358 e. The van der Waals surface area contributed by atoms with Crippen LogP contribution in [0.5, 0.6) is 0 Å². The van der Waals surface area contributed by atoms with Gasteiger partial charge in [-0.1, -0.05) is 42.5 Å².